The van der Waals surface area contributed by atoms with Crippen molar-refractivity contribution in [1.29, 1.82) is 0 Å². The molecule has 160 valence electrons. The van der Waals surface area contributed by atoms with Gasteiger partial charge in [-0.25, -0.2) is 4.39 Å². The second-order valence-corrected chi connectivity index (χ2v) is 8.05. The van der Waals surface area contributed by atoms with Crippen molar-refractivity contribution in [3.05, 3.63) is 101 Å². The topological polar surface area (TPSA) is 35.6 Å². The lowest BCUT2D eigenvalue weighted by Gasteiger charge is -2.34. The van der Waals surface area contributed by atoms with Crippen LogP contribution in [-0.4, -0.2) is 41.9 Å². The van der Waals surface area contributed by atoms with Gasteiger partial charge in [0, 0.05) is 45.0 Å². The van der Waals surface area contributed by atoms with Gasteiger partial charge < -0.3 is 5.32 Å². The maximum atomic E-state index is 13.7. The summed E-state index contributed by atoms with van der Waals surface area (Å²) in [5, 5.41) is 2.85. The van der Waals surface area contributed by atoms with Gasteiger partial charge in [-0.15, -0.1) is 0 Å². The van der Waals surface area contributed by atoms with Crippen molar-refractivity contribution >= 4 is 11.6 Å². The van der Waals surface area contributed by atoms with E-state index in [0.717, 1.165) is 45.0 Å². The third-order valence-electron chi connectivity index (χ3n) is 5.67. The van der Waals surface area contributed by atoms with E-state index in [0.29, 0.717) is 5.56 Å². The lowest BCUT2D eigenvalue weighted by molar-refractivity contribution is -0.115. The zero-order valence-electron chi connectivity index (χ0n) is 17.6. The zero-order valence-corrected chi connectivity index (χ0v) is 17.6. The van der Waals surface area contributed by atoms with Gasteiger partial charge in [0.05, 0.1) is 6.42 Å². The van der Waals surface area contributed by atoms with Crippen LogP contribution >= 0.6 is 0 Å². The molecule has 0 unspecified atom stereocenters. The van der Waals surface area contributed by atoms with Crippen molar-refractivity contribution in [3.8, 4) is 0 Å². The molecule has 0 bridgehead atoms. The minimum Gasteiger partial charge on any atom is -0.326 e. The van der Waals surface area contributed by atoms with Gasteiger partial charge in [0.25, 0.3) is 0 Å². The van der Waals surface area contributed by atoms with Crippen LogP contribution in [0.1, 0.15) is 16.7 Å². The Labute approximate surface area is 183 Å². The molecular weight excluding hydrogens is 389 g/mol. The lowest BCUT2D eigenvalue weighted by atomic mass is 10.1. The number of amides is 1. The van der Waals surface area contributed by atoms with E-state index < -0.39 is 0 Å². The molecule has 4 nitrogen and oxygen atoms in total. The molecule has 0 radical (unpaired) electrons. The minimum absolute atomic E-state index is 0.0294. The van der Waals surface area contributed by atoms with E-state index in [1.165, 1.54) is 17.2 Å². The number of nitrogens with one attached hydrogen (secondary N) is 1. The fourth-order valence-electron chi connectivity index (χ4n) is 3.92. The van der Waals surface area contributed by atoms with Crippen molar-refractivity contribution in [2.24, 2.45) is 0 Å². The molecule has 1 N–H and O–H groups in total. The van der Waals surface area contributed by atoms with E-state index >= 15 is 0 Å². The van der Waals surface area contributed by atoms with E-state index in [-0.39, 0.29) is 18.1 Å². The first-order valence-corrected chi connectivity index (χ1v) is 10.8. The number of anilines is 1. The van der Waals surface area contributed by atoms with Crippen LogP contribution in [0.2, 0.25) is 0 Å². The Balaban J connectivity index is 1.23. The monoisotopic (exact) mass is 417 g/mol. The lowest BCUT2D eigenvalue weighted by Crippen LogP contribution is -2.45. The van der Waals surface area contributed by atoms with Crippen LogP contribution in [0.5, 0.6) is 0 Å². The van der Waals surface area contributed by atoms with Gasteiger partial charge >= 0.3 is 0 Å². The van der Waals surface area contributed by atoms with Gasteiger partial charge in [0.1, 0.15) is 5.82 Å². The highest BCUT2D eigenvalue weighted by Crippen LogP contribution is 2.15. The molecule has 5 heteroatoms. The number of nitrogens with zero attached hydrogens (tertiary/aromatic N) is 2. The quantitative estimate of drug-likeness (QED) is 0.622. The van der Waals surface area contributed by atoms with Gasteiger partial charge in [0.15, 0.2) is 0 Å². The molecule has 3 aromatic carbocycles. The summed E-state index contributed by atoms with van der Waals surface area (Å²) in [6.07, 6.45) is 0.0294. The second kappa shape index (κ2) is 10.3. The molecule has 4 rings (SSSR count). The molecule has 0 atom stereocenters. The van der Waals surface area contributed by atoms with Gasteiger partial charge in [-0.2, -0.15) is 0 Å². The van der Waals surface area contributed by atoms with Crippen LogP contribution in [0.15, 0.2) is 78.9 Å². The number of benzene rings is 3. The highest BCUT2D eigenvalue weighted by Gasteiger charge is 2.17. The van der Waals surface area contributed by atoms with Crippen LogP contribution in [-0.2, 0) is 24.3 Å². The number of rotatable bonds is 7. The van der Waals surface area contributed by atoms with Gasteiger partial charge in [0.2, 0.25) is 5.91 Å². The number of hydrogen-bond acceptors (Lipinski definition) is 3. The Morgan fingerprint density at radius 3 is 1.90 bits per heavy atom. The predicted octanol–water partition coefficient (Wildman–Crippen LogP) is 4.32. The zero-order chi connectivity index (χ0) is 21.5. The molecule has 0 aromatic heterocycles. The molecule has 1 saturated heterocycles. The average Bonchev–Trinajstić information content (AvgIpc) is 2.79. The van der Waals surface area contributed by atoms with Gasteiger partial charge in [-0.05, 0) is 34.9 Å². The van der Waals surface area contributed by atoms with Crippen LogP contribution in [0.3, 0.4) is 0 Å². The SMILES string of the molecule is O=C(Cc1ccccc1F)Nc1ccc(CN2CCN(Cc3ccccc3)CC2)cc1. The van der Waals surface area contributed by atoms with Crippen molar-refractivity contribution in [2.75, 3.05) is 31.5 Å². The number of piperazine rings is 1. The fourth-order valence-corrected chi connectivity index (χ4v) is 3.92. The van der Waals surface area contributed by atoms with E-state index in [4.69, 9.17) is 0 Å². The fraction of sp³-hybridized carbons (Fsp3) is 0.269. The Bertz CT molecular complexity index is 983. The van der Waals surface area contributed by atoms with E-state index in [2.05, 4.69) is 57.6 Å². The Kier molecular flexibility index (Phi) is 7.07. The summed E-state index contributed by atoms with van der Waals surface area (Å²) in [5.41, 5.74) is 3.73. The van der Waals surface area contributed by atoms with Crippen molar-refractivity contribution < 1.29 is 9.18 Å². The first kappa shape index (κ1) is 21.2. The first-order valence-electron chi connectivity index (χ1n) is 10.8. The van der Waals surface area contributed by atoms with Gasteiger partial charge in [-0.1, -0.05) is 60.7 Å². The van der Waals surface area contributed by atoms with Crippen molar-refractivity contribution in [2.45, 2.75) is 19.5 Å². The predicted molar refractivity (Wildman–Crippen MR) is 122 cm³/mol. The van der Waals surface area contributed by atoms with Crippen LogP contribution in [0.4, 0.5) is 10.1 Å². The number of halogens is 1. The van der Waals surface area contributed by atoms with Crippen LogP contribution in [0.25, 0.3) is 0 Å². The molecule has 1 aliphatic rings. The standard InChI is InChI=1S/C26H28FN3O/c27-25-9-5-4-8-23(25)18-26(31)28-24-12-10-22(11-13-24)20-30-16-14-29(15-17-30)19-21-6-2-1-3-7-21/h1-13H,14-20H2,(H,28,31). The third kappa shape index (κ3) is 6.23. The maximum absolute atomic E-state index is 13.7. The molecule has 1 heterocycles. The van der Waals surface area contributed by atoms with Crippen molar-refractivity contribution in [1.82, 2.24) is 9.80 Å². The Morgan fingerprint density at radius 2 is 1.29 bits per heavy atom. The highest BCUT2D eigenvalue weighted by molar-refractivity contribution is 5.92. The molecule has 1 fully saturated rings. The Morgan fingerprint density at radius 1 is 0.742 bits per heavy atom. The molecular formula is C26H28FN3O. The van der Waals surface area contributed by atoms with Crippen molar-refractivity contribution in [3.63, 3.8) is 0 Å². The number of hydrogen-bond donors (Lipinski definition) is 1. The Hall–Kier alpha value is -3.02. The van der Waals surface area contributed by atoms with Crippen LogP contribution in [0, 0.1) is 5.82 Å². The average molecular weight is 418 g/mol. The molecule has 31 heavy (non-hydrogen) atoms. The molecule has 0 saturated carbocycles. The molecule has 0 spiro atoms. The summed E-state index contributed by atoms with van der Waals surface area (Å²) in [7, 11) is 0. The third-order valence-corrected chi connectivity index (χ3v) is 5.67. The summed E-state index contributed by atoms with van der Waals surface area (Å²) >= 11 is 0. The van der Waals surface area contributed by atoms with E-state index in [1.54, 1.807) is 18.2 Å². The summed E-state index contributed by atoms with van der Waals surface area (Å²) < 4.78 is 13.7. The molecule has 0 aliphatic carbocycles. The smallest absolute Gasteiger partial charge is 0.228 e. The molecule has 3 aromatic rings. The van der Waals surface area contributed by atoms with E-state index in [1.807, 2.05) is 12.1 Å². The summed E-state index contributed by atoms with van der Waals surface area (Å²) in [4.78, 5) is 17.2. The summed E-state index contributed by atoms with van der Waals surface area (Å²) in [6.45, 7) is 6.15. The second-order valence-electron chi connectivity index (χ2n) is 8.05. The maximum Gasteiger partial charge on any atom is 0.228 e. The normalized spacial score (nSPS) is 15.0. The molecule has 1 amide bonds. The highest BCUT2D eigenvalue weighted by atomic mass is 19.1. The summed E-state index contributed by atoms with van der Waals surface area (Å²) in [6, 6.07) is 24.9. The largest absolute Gasteiger partial charge is 0.326 e. The number of carbonyl (C=O) groups excluding carboxylic acids is 1. The first-order chi connectivity index (χ1) is 15.2. The summed E-state index contributed by atoms with van der Waals surface area (Å²) in [5.74, 6) is -0.566. The molecule has 1 aliphatic heterocycles. The van der Waals surface area contributed by atoms with Gasteiger partial charge in [-0.3, -0.25) is 14.6 Å². The van der Waals surface area contributed by atoms with Crippen LogP contribution < -0.4 is 5.32 Å². The number of carbonyl (C=O) groups is 1. The minimum atomic E-state index is -0.350. The van der Waals surface area contributed by atoms with E-state index in [9.17, 15) is 9.18 Å².